The lowest BCUT2D eigenvalue weighted by molar-refractivity contribution is -0.156. The highest BCUT2D eigenvalue weighted by molar-refractivity contribution is 4.45. The van der Waals surface area contributed by atoms with Gasteiger partial charge in [-0.2, -0.15) is 0 Å². The molecule has 0 aromatic heterocycles. The number of hydrogen-bond donors (Lipinski definition) is 2. The van der Waals surface area contributed by atoms with Gasteiger partial charge in [-0.1, -0.05) is 0 Å². The number of hydrogen-bond acceptors (Lipinski definition) is 4. The van der Waals surface area contributed by atoms with Crippen LogP contribution in [0.3, 0.4) is 0 Å². The zero-order valence-corrected chi connectivity index (χ0v) is 7.86. The van der Waals surface area contributed by atoms with Gasteiger partial charge in [-0.15, -0.1) is 0 Å². The highest BCUT2D eigenvalue weighted by atomic mass is 16.7. The van der Waals surface area contributed by atoms with Crippen molar-refractivity contribution in [1.29, 1.82) is 0 Å². The maximum absolute atomic E-state index is 8.85. The lowest BCUT2D eigenvalue weighted by atomic mass is 10.4. The largest absolute Gasteiger partial charge is 0.391 e. The Balaban J connectivity index is 3.27. The van der Waals surface area contributed by atoms with Crippen LogP contribution in [0.15, 0.2) is 0 Å². The first-order valence-electron chi connectivity index (χ1n) is 4.11. The Morgan fingerprint density at radius 1 is 0.917 bits per heavy atom. The van der Waals surface area contributed by atoms with Crippen molar-refractivity contribution in [1.82, 2.24) is 0 Å². The van der Waals surface area contributed by atoms with Crippen LogP contribution in [0.2, 0.25) is 0 Å². The van der Waals surface area contributed by atoms with Gasteiger partial charge in [-0.25, -0.2) is 0 Å². The highest BCUT2D eigenvalue weighted by Crippen LogP contribution is 1.96. The van der Waals surface area contributed by atoms with Crippen molar-refractivity contribution in [2.45, 2.75) is 39.3 Å². The third-order valence-corrected chi connectivity index (χ3v) is 1.14. The molecule has 74 valence electrons. The van der Waals surface area contributed by atoms with E-state index in [2.05, 4.69) is 0 Å². The van der Waals surface area contributed by atoms with Crippen LogP contribution in [0, 0.1) is 0 Å². The van der Waals surface area contributed by atoms with E-state index in [-0.39, 0.29) is 19.5 Å². The van der Waals surface area contributed by atoms with E-state index in [0.29, 0.717) is 0 Å². The van der Waals surface area contributed by atoms with Crippen LogP contribution in [0.1, 0.15) is 20.8 Å². The maximum atomic E-state index is 8.85. The minimum absolute atomic E-state index is 0.251. The molecule has 4 heteroatoms. The van der Waals surface area contributed by atoms with E-state index in [1.807, 2.05) is 0 Å². The second-order valence-electron chi connectivity index (χ2n) is 2.93. The lowest BCUT2D eigenvalue weighted by Gasteiger charge is -2.15. The molecule has 0 aromatic carbocycles. The minimum Gasteiger partial charge on any atom is -0.391 e. The molecule has 0 saturated carbocycles. The summed E-state index contributed by atoms with van der Waals surface area (Å²) in [5.74, 6) is 0. The van der Waals surface area contributed by atoms with E-state index < -0.39 is 12.2 Å². The van der Waals surface area contributed by atoms with Gasteiger partial charge in [0.1, 0.15) is 0 Å². The van der Waals surface area contributed by atoms with Gasteiger partial charge in [-0.3, -0.25) is 0 Å². The summed E-state index contributed by atoms with van der Waals surface area (Å²) < 4.78 is 10.1. The molecular formula is C8H18O4. The normalized spacial score (nSPS) is 18.8. The molecule has 0 aromatic rings. The Bertz CT molecular complexity index is 91.2. The third-order valence-electron chi connectivity index (χ3n) is 1.14. The quantitative estimate of drug-likeness (QED) is 0.567. The molecule has 2 unspecified atom stereocenters. The summed E-state index contributed by atoms with van der Waals surface area (Å²) in [6.07, 6.45) is -1.35. The zero-order chi connectivity index (χ0) is 9.56. The molecule has 0 aliphatic carbocycles. The van der Waals surface area contributed by atoms with Gasteiger partial charge in [0, 0.05) is 0 Å². The van der Waals surface area contributed by atoms with Crippen molar-refractivity contribution in [3.8, 4) is 0 Å². The van der Waals surface area contributed by atoms with Crippen LogP contribution in [0.5, 0.6) is 0 Å². The van der Waals surface area contributed by atoms with E-state index in [0.717, 1.165) is 0 Å². The summed E-state index contributed by atoms with van der Waals surface area (Å²) in [5, 5.41) is 17.7. The molecule has 0 radical (unpaired) electrons. The summed E-state index contributed by atoms with van der Waals surface area (Å²) in [7, 11) is 0. The summed E-state index contributed by atoms with van der Waals surface area (Å²) in [6, 6.07) is 0. The first-order valence-corrected chi connectivity index (χ1v) is 4.11. The lowest BCUT2D eigenvalue weighted by Crippen LogP contribution is -2.23. The van der Waals surface area contributed by atoms with Crippen LogP contribution in [0.25, 0.3) is 0 Å². The fraction of sp³-hybridized carbons (Fsp3) is 1.00. The van der Waals surface area contributed by atoms with Gasteiger partial charge < -0.3 is 19.7 Å². The van der Waals surface area contributed by atoms with Gasteiger partial charge in [0.2, 0.25) is 0 Å². The second kappa shape index (κ2) is 6.37. The average Bonchev–Trinajstić information content (AvgIpc) is 1.96. The van der Waals surface area contributed by atoms with Crippen molar-refractivity contribution < 1.29 is 19.7 Å². The van der Waals surface area contributed by atoms with Crippen molar-refractivity contribution in [2.24, 2.45) is 0 Å². The van der Waals surface area contributed by atoms with Crippen LogP contribution >= 0.6 is 0 Å². The highest BCUT2D eigenvalue weighted by Gasteiger charge is 2.05. The van der Waals surface area contributed by atoms with Gasteiger partial charge in [0.25, 0.3) is 0 Å². The van der Waals surface area contributed by atoms with E-state index in [4.69, 9.17) is 19.7 Å². The van der Waals surface area contributed by atoms with Crippen LogP contribution in [-0.4, -0.2) is 41.9 Å². The molecule has 0 bridgehead atoms. The van der Waals surface area contributed by atoms with Crippen molar-refractivity contribution in [3.63, 3.8) is 0 Å². The van der Waals surface area contributed by atoms with Gasteiger partial charge >= 0.3 is 0 Å². The molecule has 4 nitrogen and oxygen atoms in total. The van der Waals surface area contributed by atoms with Crippen LogP contribution < -0.4 is 0 Å². The van der Waals surface area contributed by atoms with Gasteiger partial charge in [0.05, 0.1) is 25.4 Å². The second-order valence-corrected chi connectivity index (χ2v) is 2.93. The molecule has 0 amide bonds. The van der Waals surface area contributed by atoms with E-state index >= 15 is 0 Å². The molecule has 0 rings (SSSR count). The first kappa shape index (κ1) is 11.8. The van der Waals surface area contributed by atoms with E-state index in [1.54, 1.807) is 20.8 Å². The van der Waals surface area contributed by atoms with Crippen LogP contribution in [0.4, 0.5) is 0 Å². The van der Waals surface area contributed by atoms with Crippen molar-refractivity contribution >= 4 is 0 Å². The summed E-state index contributed by atoms with van der Waals surface area (Å²) >= 11 is 0. The number of aliphatic hydroxyl groups excluding tert-OH is 2. The Hall–Kier alpha value is -0.160. The Kier molecular flexibility index (Phi) is 6.28. The Morgan fingerprint density at radius 3 is 1.50 bits per heavy atom. The zero-order valence-electron chi connectivity index (χ0n) is 7.86. The summed E-state index contributed by atoms with van der Waals surface area (Å²) in [6.45, 7) is 5.51. The fourth-order valence-electron chi connectivity index (χ4n) is 0.598. The molecule has 0 heterocycles. The van der Waals surface area contributed by atoms with Crippen molar-refractivity contribution in [2.75, 3.05) is 13.2 Å². The smallest absolute Gasteiger partial charge is 0.155 e. The molecule has 2 N–H and O–H groups in total. The first-order chi connectivity index (χ1) is 5.52. The monoisotopic (exact) mass is 178 g/mol. The molecule has 0 aliphatic rings. The van der Waals surface area contributed by atoms with E-state index in [1.165, 1.54) is 0 Å². The minimum atomic E-state index is -0.484. The molecule has 12 heavy (non-hydrogen) atoms. The predicted octanol–water partition coefficient (Wildman–Crippen LogP) is 0.127. The maximum Gasteiger partial charge on any atom is 0.155 e. The fourth-order valence-corrected chi connectivity index (χ4v) is 0.598. The van der Waals surface area contributed by atoms with Gasteiger partial charge in [-0.05, 0) is 20.8 Å². The number of ether oxygens (including phenoxy) is 2. The predicted molar refractivity (Wildman–Crippen MR) is 44.7 cm³/mol. The molecule has 0 aliphatic heterocycles. The summed E-state index contributed by atoms with van der Waals surface area (Å²) in [4.78, 5) is 0. The topological polar surface area (TPSA) is 58.9 Å². The molecular weight excluding hydrogens is 160 g/mol. The van der Waals surface area contributed by atoms with E-state index in [9.17, 15) is 0 Å². The molecule has 0 spiro atoms. The molecule has 0 fully saturated rings. The van der Waals surface area contributed by atoms with Crippen molar-refractivity contribution in [3.05, 3.63) is 0 Å². The average molecular weight is 178 g/mol. The molecule has 2 atom stereocenters. The number of aliphatic hydroxyl groups is 2. The van der Waals surface area contributed by atoms with Gasteiger partial charge in [0.15, 0.2) is 6.29 Å². The molecule has 0 saturated heterocycles. The Morgan fingerprint density at radius 2 is 1.25 bits per heavy atom. The Labute approximate surface area is 73.1 Å². The summed E-state index contributed by atoms with van der Waals surface area (Å²) in [5.41, 5.74) is 0. The number of rotatable bonds is 6. The SMILES string of the molecule is CC(O)COC(C)OCC(C)O. The third kappa shape index (κ3) is 7.94. The van der Waals surface area contributed by atoms with Crippen LogP contribution in [-0.2, 0) is 9.47 Å². The standard InChI is InChI=1S/C8H18O4/c1-6(9)4-11-8(3)12-5-7(2)10/h6-10H,4-5H2,1-3H3.